The van der Waals surface area contributed by atoms with Crippen LogP contribution in [0.2, 0.25) is 0 Å². The quantitative estimate of drug-likeness (QED) is 0.100. The Labute approximate surface area is 298 Å². The van der Waals surface area contributed by atoms with E-state index >= 15 is 0 Å². The maximum Gasteiger partial charge on any atom is 0.303 e. The molecule has 0 spiro atoms. The molecular weight excluding hydrogens is 631 g/mol. The number of aliphatic carboxylic acids is 1. The zero-order valence-corrected chi connectivity index (χ0v) is 30.5. The van der Waals surface area contributed by atoms with E-state index in [1.165, 1.54) is 85.5 Å². The van der Waals surface area contributed by atoms with Crippen molar-refractivity contribution in [1.82, 2.24) is 4.90 Å². The molecule has 1 N–H and O–H groups in total. The molecule has 0 radical (unpaired) electrons. The van der Waals surface area contributed by atoms with Gasteiger partial charge in [-0.3, -0.25) is 14.5 Å². The number of carbonyl (C=O) groups excluding carboxylic acids is 1. The number of nitrogens with zero attached hydrogens (tertiary/aromatic N) is 3. The molecule has 0 bridgehead atoms. The van der Waals surface area contributed by atoms with Crippen molar-refractivity contribution in [2.75, 3.05) is 55.7 Å². The molecule has 3 heterocycles. The molecule has 0 saturated carbocycles. The van der Waals surface area contributed by atoms with Gasteiger partial charge in [0.2, 0.25) is 5.91 Å². The number of carboxylic acid groups (broad SMARTS) is 1. The van der Waals surface area contributed by atoms with Gasteiger partial charge in [-0.15, -0.1) is 11.3 Å². The topological polar surface area (TPSA) is 73.3 Å². The molecule has 1 aromatic heterocycles. The standard InChI is InChI=1S/C41H59N3O4S/c45-40-23-21-34-20-22-35(33-38(34)44(40)26-13-11-9-7-5-3-1-2-4-6-8-10-12-19-41(46)47)48-31-15-14-25-42-27-29-43(30-28-42)37-17-16-18-39-36(37)24-32-49-39/h16-18,20,22,24,32-33H,1-15,19,21,23,25-31H2,(H,46,47). The fraction of sp³-hybridized carbons (Fsp3) is 0.610. The second-order valence-electron chi connectivity index (χ2n) is 14.1. The van der Waals surface area contributed by atoms with E-state index in [4.69, 9.17) is 9.84 Å². The van der Waals surface area contributed by atoms with E-state index in [0.717, 1.165) is 89.2 Å². The summed E-state index contributed by atoms with van der Waals surface area (Å²) in [6.07, 6.45) is 19.4. The van der Waals surface area contributed by atoms with Gasteiger partial charge in [0.05, 0.1) is 12.3 Å². The third kappa shape index (κ3) is 12.0. The van der Waals surface area contributed by atoms with E-state index in [2.05, 4.69) is 57.6 Å². The predicted molar refractivity (Wildman–Crippen MR) is 205 cm³/mol. The number of anilines is 2. The summed E-state index contributed by atoms with van der Waals surface area (Å²) in [6.45, 7) is 7.01. The summed E-state index contributed by atoms with van der Waals surface area (Å²) in [5.74, 6) is 0.456. The van der Waals surface area contributed by atoms with Crippen LogP contribution in [0.25, 0.3) is 10.1 Å². The van der Waals surface area contributed by atoms with Crippen molar-refractivity contribution < 1.29 is 19.4 Å². The molecule has 2 aromatic carbocycles. The number of ether oxygens (including phenoxy) is 1. The van der Waals surface area contributed by atoms with Crippen molar-refractivity contribution in [3.63, 3.8) is 0 Å². The van der Waals surface area contributed by atoms with Crippen LogP contribution in [0.15, 0.2) is 47.8 Å². The van der Waals surface area contributed by atoms with Crippen LogP contribution in [0, 0.1) is 0 Å². The van der Waals surface area contributed by atoms with Crippen LogP contribution >= 0.6 is 11.3 Å². The molecule has 0 unspecified atom stereocenters. The fourth-order valence-corrected chi connectivity index (χ4v) is 8.24. The van der Waals surface area contributed by atoms with Gasteiger partial charge in [0.1, 0.15) is 5.75 Å². The van der Waals surface area contributed by atoms with Gasteiger partial charge in [-0.05, 0) is 73.9 Å². The van der Waals surface area contributed by atoms with Gasteiger partial charge in [0.25, 0.3) is 0 Å². The van der Waals surface area contributed by atoms with Crippen LogP contribution in [0.5, 0.6) is 5.75 Å². The summed E-state index contributed by atoms with van der Waals surface area (Å²) in [6, 6.07) is 15.3. The van der Waals surface area contributed by atoms with Gasteiger partial charge in [0.15, 0.2) is 0 Å². The second kappa shape index (κ2) is 20.5. The number of aryl methyl sites for hydroxylation is 1. The van der Waals surface area contributed by atoms with Crippen LogP contribution in [0.3, 0.4) is 0 Å². The number of amides is 1. The highest BCUT2D eigenvalue weighted by Crippen LogP contribution is 2.33. The van der Waals surface area contributed by atoms with Crippen molar-refractivity contribution in [3.05, 3.63) is 53.4 Å². The van der Waals surface area contributed by atoms with Gasteiger partial charge in [-0.25, -0.2) is 0 Å². The van der Waals surface area contributed by atoms with E-state index in [-0.39, 0.29) is 5.91 Å². The first-order valence-corrected chi connectivity index (χ1v) is 20.2. The highest BCUT2D eigenvalue weighted by molar-refractivity contribution is 7.17. The Morgan fingerprint density at radius 2 is 1.39 bits per heavy atom. The van der Waals surface area contributed by atoms with Crippen LogP contribution in [0.4, 0.5) is 11.4 Å². The fourth-order valence-electron chi connectivity index (χ4n) is 7.44. The summed E-state index contributed by atoms with van der Waals surface area (Å²) in [7, 11) is 0. The molecule has 2 aliphatic heterocycles. The molecule has 1 amide bonds. The first-order chi connectivity index (χ1) is 24.1. The molecule has 8 heteroatoms. The third-order valence-electron chi connectivity index (χ3n) is 10.4. The Bertz CT molecular complexity index is 1430. The van der Waals surface area contributed by atoms with Gasteiger partial charge in [-0.1, -0.05) is 82.8 Å². The maximum atomic E-state index is 12.9. The number of piperazine rings is 1. The molecular formula is C41H59N3O4S. The summed E-state index contributed by atoms with van der Waals surface area (Å²) >= 11 is 1.82. The minimum absolute atomic E-state index is 0.249. The zero-order valence-electron chi connectivity index (χ0n) is 29.7. The Morgan fingerprint density at radius 1 is 0.714 bits per heavy atom. The summed E-state index contributed by atoms with van der Waals surface area (Å²) in [5, 5.41) is 12.3. The summed E-state index contributed by atoms with van der Waals surface area (Å²) in [4.78, 5) is 30.6. The van der Waals surface area contributed by atoms with Crippen LogP contribution < -0.4 is 14.5 Å². The lowest BCUT2D eigenvalue weighted by Gasteiger charge is -2.36. The average molecular weight is 690 g/mol. The number of hydrogen-bond donors (Lipinski definition) is 1. The lowest BCUT2D eigenvalue weighted by atomic mass is 10.00. The normalized spacial score (nSPS) is 15.2. The van der Waals surface area contributed by atoms with E-state index in [1.807, 2.05) is 16.2 Å². The number of benzene rings is 2. The SMILES string of the molecule is O=C(O)CCCCCCCCCCCCCCCN1C(=O)CCc2ccc(OCCCCN3CCN(c4cccc5sccc45)CC3)cc21. The maximum absolute atomic E-state index is 12.9. The molecule has 0 aliphatic carbocycles. The first kappa shape index (κ1) is 37.2. The van der Waals surface area contributed by atoms with Crippen LogP contribution in [0.1, 0.15) is 115 Å². The van der Waals surface area contributed by atoms with Crippen molar-refractivity contribution >= 4 is 44.7 Å². The van der Waals surface area contributed by atoms with E-state index in [0.29, 0.717) is 19.4 Å². The minimum atomic E-state index is -0.675. The van der Waals surface area contributed by atoms with E-state index < -0.39 is 5.97 Å². The highest BCUT2D eigenvalue weighted by atomic mass is 32.1. The van der Waals surface area contributed by atoms with Gasteiger partial charge < -0.3 is 19.6 Å². The number of carbonyl (C=O) groups is 2. The van der Waals surface area contributed by atoms with Crippen molar-refractivity contribution in [2.24, 2.45) is 0 Å². The van der Waals surface area contributed by atoms with Gasteiger partial charge in [0, 0.05) is 67.4 Å². The smallest absolute Gasteiger partial charge is 0.303 e. The van der Waals surface area contributed by atoms with E-state index in [9.17, 15) is 9.59 Å². The molecule has 0 atom stereocenters. The zero-order chi connectivity index (χ0) is 34.1. The van der Waals surface area contributed by atoms with Crippen LogP contribution in [-0.4, -0.2) is 67.8 Å². The number of thiophene rings is 1. The van der Waals surface area contributed by atoms with E-state index in [1.54, 1.807) is 0 Å². The lowest BCUT2D eigenvalue weighted by molar-refractivity contribution is -0.137. The molecule has 268 valence electrons. The van der Waals surface area contributed by atoms with Crippen LogP contribution in [-0.2, 0) is 16.0 Å². The Balaban J connectivity index is 0.911. The molecule has 7 nitrogen and oxygen atoms in total. The van der Waals surface area contributed by atoms with Gasteiger partial charge >= 0.3 is 5.97 Å². The molecule has 1 saturated heterocycles. The second-order valence-corrected chi connectivity index (χ2v) is 15.0. The van der Waals surface area contributed by atoms with Crippen molar-refractivity contribution in [1.29, 1.82) is 0 Å². The molecule has 1 fully saturated rings. The number of unbranched alkanes of at least 4 members (excludes halogenated alkanes) is 13. The Morgan fingerprint density at radius 3 is 2.10 bits per heavy atom. The minimum Gasteiger partial charge on any atom is -0.494 e. The van der Waals surface area contributed by atoms with Crippen molar-refractivity contribution in [2.45, 2.75) is 116 Å². The number of rotatable bonds is 23. The molecule has 49 heavy (non-hydrogen) atoms. The summed E-state index contributed by atoms with van der Waals surface area (Å²) in [5.41, 5.74) is 3.71. The number of hydrogen-bond acceptors (Lipinski definition) is 6. The molecule has 2 aliphatic rings. The molecule has 3 aromatic rings. The third-order valence-corrected chi connectivity index (χ3v) is 11.2. The number of carboxylic acids is 1. The summed E-state index contributed by atoms with van der Waals surface area (Å²) < 4.78 is 7.58. The van der Waals surface area contributed by atoms with Gasteiger partial charge in [-0.2, -0.15) is 0 Å². The Kier molecular flexibility index (Phi) is 15.6. The largest absolute Gasteiger partial charge is 0.494 e. The average Bonchev–Trinajstić information content (AvgIpc) is 3.60. The highest BCUT2D eigenvalue weighted by Gasteiger charge is 2.24. The monoisotopic (exact) mass is 689 g/mol. The first-order valence-electron chi connectivity index (χ1n) is 19.3. The predicted octanol–water partition coefficient (Wildman–Crippen LogP) is 9.71. The van der Waals surface area contributed by atoms with Crippen molar-refractivity contribution in [3.8, 4) is 5.75 Å². The number of fused-ring (bicyclic) bond motifs is 2. The molecule has 5 rings (SSSR count). The Hall–Kier alpha value is -3.10. The lowest BCUT2D eigenvalue weighted by Crippen LogP contribution is -2.46.